The number of amides is 2. The molecule has 2 aromatic rings. The van der Waals surface area contributed by atoms with Crippen LogP contribution in [0.1, 0.15) is 21.9 Å². The number of furan rings is 1. The van der Waals surface area contributed by atoms with E-state index in [2.05, 4.69) is 20.7 Å². The van der Waals surface area contributed by atoms with Crippen LogP contribution in [0, 0.1) is 10.1 Å². The Bertz CT molecular complexity index is 1080. The highest BCUT2D eigenvalue weighted by Crippen LogP contribution is 2.38. The van der Waals surface area contributed by atoms with Gasteiger partial charge in [0.2, 0.25) is 11.5 Å². The van der Waals surface area contributed by atoms with Crippen LogP contribution < -0.4 is 0 Å². The fourth-order valence-electron chi connectivity index (χ4n) is 2.44. The predicted molar refractivity (Wildman–Crippen MR) is 104 cm³/mol. The lowest BCUT2D eigenvalue weighted by Gasteiger charge is -2.09. The van der Waals surface area contributed by atoms with E-state index in [0.717, 1.165) is 11.0 Å². The number of methoxy groups -OCH3 is 1. The molecule has 0 unspecified atom stereocenters. The summed E-state index contributed by atoms with van der Waals surface area (Å²) in [6.45, 7) is -0.196. The number of hydrogen-bond donors (Lipinski definition) is 1. The highest BCUT2D eigenvalue weighted by atomic mass is 79.9. The maximum absolute atomic E-state index is 12.6. The molecule has 1 N–H and O–H groups in total. The van der Waals surface area contributed by atoms with Crippen molar-refractivity contribution in [3.63, 3.8) is 0 Å². The molecule has 12 heteroatoms. The zero-order valence-electron chi connectivity index (χ0n) is 14.6. The van der Waals surface area contributed by atoms with Gasteiger partial charge >= 0.3 is 11.7 Å². The van der Waals surface area contributed by atoms with Crippen LogP contribution in [-0.2, 0) is 16.1 Å². The van der Waals surface area contributed by atoms with Crippen molar-refractivity contribution in [3.8, 4) is 5.75 Å². The lowest BCUT2D eigenvalue weighted by atomic mass is 10.1. The zero-order valence-corrected chi connectivity index (χ0v) is 17.0. The van der Waals surface area contributed by atoms with Crippen LogP contribution in [-0.4, -0.2) is 39.2 Å². The second kappa shape index (κ2) is 8.09. The molecule has 0 radical (unpaired) electrons. The number of phenolic OH excluding ortho intramolecular Hbond substituents is 1. The first-order valence-corrected chi connectivity index (χ1v) is 9.41. The van der Waals surface area contributed by atoms with Crippen LogP contribution in [0.2, 0.25) is 0 Å². The molecule has 0 bridgehead atoms. The van der Waals surface area contributed by atoms with Crippen LogP contribution in [0.3, 0.4) is 0 Å². The number of esters is 1. The summed E-state index contributed by atoms with van der Waals surface area (Å²) in [6.07, 6.45) is 1.31. The second-order valence-corrected chi connectivity index (χ2v) is 7.50. The summed E-state index contributed by atoms with van der Waals surface area (Å²) in [5.41, 5.74) is -0.298. The smallest absolute Gasteiger partial charge is 0.373 e. The standard InChI is InChI=1S/C17H11BrN2O8S/c1-27-16(23)12-3-2-9(28-12)7-19-15(22)13(29-17(19)24)6-8-4-10(18)14(21)11(5-8)20(25)26/h2-6,21H,7H2,1H3/b13-6+. The second-order valence-electron chi connectivity index (χ2n) is 5.65. The minimum Gasteiger partial charge on any atom is -0.501 e. The summed E-state index contributed by atoms with van der Waals surface area (Å²) in [4.78, 5) is 47.5. The van der Waals surface area contributed by atoms with E-state index in [4.69, 9.17) is 4.42 Å². The van der Waals surface area contributed by atoms with E-state index in [0.29, 0.717) is 11.8 Å². The number of aromatic hydroxyl groups is 1. The van der Waals surface area contributed by atoms with Crippen LogP contribution >= 0.6 is 27.7 Å². The van der Waals surface area contributed by atoms with E-state index in [1.807, 2.05) is 0 Å². The third kappa shape index (κ3) is 4.17. The molecule has 0 atom stereocenters. The van der Waals surface area contributed by atoms with Gasteiger partial charge in [0.05, 0.1) is 28.0 Å². The van der Waals surface area contributed by atoms with Gasteiger partial charge in [0.25, 0.3) is 11.1 Å². The molecular weight excluding hydrogens is 472 g/mol. The number of carbonyl (C=O) groups excluding carboxylic acids is 3. The maximum atomic E-state index is 12.6. The minimum absolute atomic E-state index is 0.0432. The zero-order chi connectivity index (χ0) is 21.3. The highest BCUT2D eigenvalue weighted by molar-refractivity contribution is 9.10. The molecule has 1 aliphatic heterocycles. The number of phenols is 1. The minimum atomic E-state index is -0.765. The van der Waals surface area contributed by atoms with Crippen molar-refractivity contribution in [1.29, 1.82) is 0 Å². The molecule has 1 saturated heterocycles. The molecule has 10 nitrogen and oxygen atoms in total. The molecule has 1 fully saturated rings. The Hall–Kier alpha value is -3.12. The quantitative estimate of drug-likeness (QED) is 0.292. The Morgan fingerprint density at radius 1 is 1.41 bits per heavy atom. The largest absolute Gasteiger partial charge is 0.501 e. The average Bonchev–Trinajstić information content (AvgIpc) is 3.24. The summed E-state index contributed by atoms with van der Waals surface area (Å²) < 4.78 is 9.86. The number of hydrogen-bond acceptors (Lipinski definition) is 9. The SMILES string of the molecule is COC(=O)c1ccc(CN2C(=O)S/C(=C/c3cc(Br)c(O)c([N+](=O)[O-])c3)C2=O)o1. The Balaban J connectivity index is 1.84. The molecule has 1 aromatic heterocycles. The van der Waals surface area contributed by atoms with Gasteiger partial charge in [-0.25, -0.2) is 4.79 Å². The molecule has 2 amide bonds. The van der Waals surface area contributed by atoms with E-state index in [1.54, 1.807) is 0 Å². The summed E-state index contributed by atoms with van der Waals surface area (Å²) in [7, 11) is 1.19. The number of nitro benzene ring substituents is 1. The molecule has 2 heterocycles. The van der Waals surface area contributed by atoms with Crippen molar-refractivity contribution in [2.45, 2.75) is 6.54 Å². The number of benzene rings is 1. The summed E-state index contributed by atoms with van der Waals surface area (Å²) in [5.74, 6) is -1.71. The van der Waals surface area contributed by atoms with Gasteiger partial charge in [-0.2, -0.15) is 0 Å². The van der Waals surface area contributed by atoms with Crippen LogP contribution in [0.4, 0.5) is 10.5 Å². The fraction of sp³-hybridized carbons (Fsp3) is 0.118. The topological polar surface area (TPSA) is 140 Å². The number of carbonyl (C=O) groups is 3. The number of nitrogens with zero attached hydrogens (tertiary/aromatic N) is 2. The van der Waals surface area contributed by atoms with E-state index >= 15 is 0 Å². The van der Waals surface area contributed by atoms with Gasteiger partial charge in [0, 0.05) is 6.07 Å². The number of halogens is 1. The third-order valence-corrected chi connectivity index (χ3v) is 5.31. The predicted octanol–water partition coefficient (Wildman–Crippen LogP) is 3.68. The lowest BCUT2D eigenvalue weighted by Crippen LogP contribution is -2.27. The number of imide groups is 1. The van der Waals surface area contributed by atoms with Crippen molar-refractivity contribution in [3.05, 3.63) is 60.8 Å². The van der Waals surface area contributed by atoms with Crippen molar-refractivity contribution >= 4 is 56.6 Å². The molecule has 150 valence electrons. The Labute approximate surface area is 175 Å². The number of nitro groups is 1. The summed E-state index contributed by atoms with van der Waals surface area (Å²) >= 11 is 3.67. The van der Waals surface area contributed by atoms with E-state index in [-0.39, 0.29) is 33.0 Å². The van der Waals surface area contributed by atoms with Gasteiger partial charge in [-0.05, 0) is 57.5 Å². The van der Waals surface area contributed by atoms with Crippen molar-refractivity contribution < 1.29 is 33.6 Å². The fourth-order valence-corrected chi connectivity index (χ4v) is 3.75. The number of ether oxygens (including phenoxy) is 1. The first kappa shape index (κ1) is 20.6. The molecule has 1 aliphatic rings. The van der Waals surface area contributed by atoms with Crippen molar-refractivity contribution in [2.24, 2.45) is 0 Å². The van der Waals surface area contributed by atoms with E-state index < -0.39 is 33.5 Å². The third-order valence-electron chi connectivity index (χ3n) is 3.80. The number of rotatable bonds is 5. The Morgan fingerprint density at radius 3 is 2.79 bits per heavy atom. The number of thioether (sulfide) groups is 1. The van der Waals surface area contributed by atoms with Crippen molar-refractivity contribution in [2.75, 3.05) is 7.11 Å². The monoisotopic (exact) mass is 482 g/mol. The average molecular weight is 483 g/mol. The van der Waals surface area contributed by atoms with Gasteiger partial charge < -0.3 is 14.3 Å². The van der Waals surface area contributed by atoms with Gasteiger partial charge in [-0.15, -0.1) is 0 Å². The van der Waals surface area contributed by atoms with Crippen LogP contribution in [0.15, 0.2) is 38.1 Å². The molecule has 3 rings (SSSR count). The van der Waals surface area contributed by atoms with Crippen LogP contribution in [0.25, 0.3) is 6.08 Å². The van der Waals surface area contributed by atoms with Gasteiger partial charge in [0.1, 0.15) is 5.76 Å². The normalized spacial score (nSPS) is 15.2. The molecule has 0 saturated carbocycles. The van der Waals surface area contributed by atoms with Gasteiger partial charge in [-0.1, -0.05) is 0 Å². The van der Waals surface area contributed by atoms with Gasteiger partial charge in [0.15, 0.2) is 0 Å². The molecule has 29 heavy (non-hydrogen) atoms. The van der Waals surface area contributed by atoms with E-state index in [9.17, 15) is 29.6 Å². The molecule has 0 spiro atoms. The molecule has 1 aromatic carbocycles. The lowest BCUT2D eigenvalue weighted by molar-refractivity contribution is -0.386. The summed E-state index contributed by atoms with van der Waals surface area (Å²) in [6, 6.07) is 5.28. The summed E-state index contributed by atoms with van der Waals surface area (Å²) in [5, 5.41) is 20.2. The van der Waals surface area contributed by atoms with E-state index in [1.165, 1.54) is 31.4 Å². The van der Waals surface area contributed by atoms with Crippen LogP contribution in [0.5, 0.6) is 5.75 Å². The maximum Gasteiger partial charge on any atom is 0.373 e. The molecular formula is C17H11BrN2O8S. The highest BCUT2D eigenvalue weighted by Gasteiger charge is 2.36. The first-order valence-electron chi connectivity index (χ1n) is 7.80. The van der Waals surface area contributed by atoms with Gasteiger partial charge in [-0.3, -0.25) is 24.6 Å². The Morgan fingerprint density at radius 2 is 2.14 bits per heavy atom. The molecule has 0 aliphatic carbocycles. The van der Waals surface area contributed by atoms with Crippen molar-refractivity contribution in [1.82, 2.24) is 4.90 Å². The first-order chi connectivity index (χ1) is 13.7. The Kier molecular flexibility index (Phi) is 5.75.